The quantitative estimate of drug-likeness (QED) is 0.750. The molecule has 1 aliphatic heterocycles. The third kappa shape index (κ3) is 3.07. The second kappa shape index (κ2) is 6.06. The van der Waals surface area contributed by atoms with Crippen LogP contribution in [-0.4, -0.2) is 46.7 Å². The first-order valence-corrected chi connectivity index (χ1v) is 7.01. The van der Waals surface area contributed by atoms with Crippen LogP contribution in [0.3, 0.4) is 0 Å². The molecule has 6 heteroatoms. The Morgan fingerprint density at radius 3 is 2.68 bits per heavy atom. The van der Waals surface area contributed by atoms with Gasteiger partial charge in [-0.2, -0.15) is 5.10 Å². The van der Waals surface area contributed by atoms with E-state index in [1.54, 1.807) is 0 Å². The van der Waals surface area contributed by atoms with Gasteiger partial charge in [-0.25, -0.2) is 0 Å². The second-order valence-electron chi connectivity index (χ2n) is 5.00. The van der Waals surface area contributed by atoms with Crippen molar-refractivity contribution < 1.29 is 4.79 Å². The van der Waals surface area contributed by atoms with Gasteiger partial charge in [0.25, 0.3) is 5.91 Å². The number of nitrogen functional groups attached to an aromatic ring is 1. The van der Waals surface area contributed by atoms with Gasteiger partial charge in [-0.3, -0.25) is 9.89 Å². The van der Waals surface area contributed by atoms with Gasteiger partial charge in [0.15, 0.2) is 5.69 Å². The summed E-state index contributed by atoms with van der Waals surface area (Å²) in [5.74, 6) is -0.164. The molecule has 0 radical (unpaired) electrons. The van der Waals surface area contributed by atoms with Gasteiger partial charge in [-0.15, -0.1) is 0 Å². The van der Waals surface area contributed by atoms with Crippen LogP contribution in [0.5, 0.6) is 0 Å². The first-order valence-electron chi connectivity index (χ1n) is 7.01. The summed E-state index contributed by atoms with van der Waals surface area (Å²) >= 11 is 0. The van der Waals surface area contributed by atoms with Gasteiger partial charge in [0.1, 0.15) is 0 Å². The minimum atomic E-state index is -0.164. The Bertz CT molecular complexity index is 434. The van der Waals surface area contributed by atoms with E-state index in [0.29, 0.717) is 11.4 Å². The molecule has 0 bridgehead atoms. The van der Waals surface area contributed by atoms with Crippen LogP contribution in [0.15, 0.2) is 0 Å². The highest BCUT2D eigenvalue weighted by molar-refractivity contribution is 5.97. The number of likely N-dealkylation sites (tertiary alicyclic amines) is 1. The minimum absolute atomic E-state index is 0.164. The number of aromatic amines is 1. The molecule has 2 rings (SSSR count). The Morgan fingerprint density at radius 1 is 1.47 bits per heavy atom. The van der Waals surface area contributed by atoms with Crippen LogP contribution in [0.25, 0.3) is 0 Å². The topological polar surface area (TPSA) is 87.0 Å². The number of hydrogen-bond donors (Lipinski definition) is 3. The van der Waals surface area contributed by atoms with E-state index in [-0.39, 0.29) is 11.9 Å². The number of carbonyl (C=O) groups excluding carboxylic acids is 1. The highest BCUT2D eigenvalue weighted by Gasteiger charge is 2.23. The fraction of sp³-hybridized carbons (Fsp3) is 0.692. The molecule has 1 saturated heterocycles. The Balaban J connectivity index is 1.92. The van der Waals surface area contributed by atoms with Crippen molar-refractivity contribution in [3.8, 4) is 0 Å². The predicted octanol–water partition coefficient (Wildman–Crippen LogP) is 0.768. The molecule has 6 nitrogen and oxygen atoms in total. The van der Waals surface area contributed by atoms with E-state index in [1.165, 1.54) is 0 Å². The Morgan fingerprint density at radius 2 is 2.16 bits per heavy atom. The van der Waals surface area contributed by atoms with Crippen molar-refractivity contribution in [1.82, 2.24) is 20.4 Å². The average Bonchev–Trinajstić information content (AvgIpc) is 2.80. The highest BCUT2D eigenvalue weighted by Crippen LogP contribution is 2.16. The minimum Gasteiger partial charge on any atom is -0.395 e. The lowest BCUT2D eigenvalue weighted by atomic mass is 10.0. The number of aryl methyl sites for hydroxylation is 1. The van der Waals surface area contributed by atoms with E-state index in [1.807, 2.05) is 6.92 Å². The van der Waals surface area contributed by atoms with Gasteiger partial charge in [0.05, 0.1) is 11.4 Å². The van der Waals surface area contributed by atoms with Crippen molar-refractivity contribution in [2.45, 2.75) is 39.2 Å². The Hall–Kier alpha value is -1.56. The van der Waals surface area contributed by atoms with Crippen molar-refractivity contribution in [1.29, 1.82) is 0 Å². The molecule has 1 aromatic heterocycles. The van der Waals surface area contributed by atoms with Crippen molar-refractivity contribution in [3.05, 3.63) is 11.4 Å². The number of nitrogens with two attached hydrogens (primary N) is 1. The van der Waals surface area contributed by atoms with Gasteiger partial charge in [-0.05, 0) is 25.8 Å². The molecule has 0 saturated carbocycles. The first kappa shape index (κ1) is 13.9. The number of carbonyl (C=O) groups is 1. The molecular formula is C13H23N5O. The summed E-state index contributed by atoms with van der Waals surface area (Å²) in [5, 5.41) is 9.85. The standard InChI is InChI=1S/C13H23N5O/c1-3-10-11(14)12(17-16-10)13(19)15-9-5-7-18(4-2)8-6-9/h9H,3-8,14H2,1-2H3,(H,15,19)(H,16,17). The lowest BCUT2D eigenvalue weighted by molar-refractivity contribution is 0.0908. The van der Waals surface area contributed by atoms with E-state index in [9.17, 15) is 4.79 Å². The van der Waals surface area contributed by atoms with E-state index in [0.717, 1.165) is 44.6 Å². The number of hydrogen-bond acceptors (Lipinski definition) is 4. The Kier molecular flexibility index (Phi) is 4.42. The SMILES string of the molecule is CCc1[nH]nc(C(=O)NC2CCN(CC)CC2)c1N. The van der Waals surface area contributed by atoms with Crippen molar-refractivity contribution in [2.75, 3.05) is 25.4 Å². The molecular weight excluding hydrogens is 242 g/mol. The molecule has 0 atom stereocenters. The van der Waals surface area contributed by atoms with E-state index in [2.05, 4.69) is 27.3 Å². The summed E-state index contributed by atoms with van der Waals surface area (Å²) < 4.78 is 0. The Labute approximate surface area is 113 Å². The fourth-order valence-electron chi connectivity index (χ4n) is 2.48. The van der Waals surface area contributed by atoms with Crippen LogP contribution in [0.2, 0.25) is 0 Å². The number of piperidine rings is 1. The molecule has 4 N–H and O–H groups in total. The molecule has 1 aromatic rings. The van der Waals surface area contributed by atoms with Crippen LogP contribution in [-0.2, 0) is 6.42 Å². The maximum atomic E-state index is 12.1. The lowest BCUT2D eigenvalue weighted by Gasteiger charge is -2.31. The van der Waals surface area contributed by atoms with Crippen LogP contribution in [0.1, 0.15) is 42.9 Å². The summed E-state index contributed by atoms with van der Waals surface area (Å²) in [5.41, 5.74) is 7.53. The van der Waals surface area contributed by atoms with Crippen LogP contribution < -0.4 is 11.1 Å². The number of amides is 1. The second-order valence-corrected chi connectivity index (χ2v) is 5.00. The van der Waals surface area contributed by atoms with Gasteiger partial charge in [-0.1, -0.05) is 13.8 Å². The number of aromatic nitrogens is 2. The van der Waals surface area contributed by atoms with Gasteiger partial charge >= 0.3 is 0 Å². The number of H-pyrrole nitrogens is 1. The largest absolute Gasteiger partial charge is 0.395 e. The number of nitrogens with one attached hydrogen (secondary N) is 2. The molecule has 106 valence electrons. The summed E-state index contributed by atoms with van der Waals surface area (Å²) in [4.78, 5) is 14.5. The zero-order chi connectivity index (χ0) is 13.8. The molecule has 19 heavy (non-hydrogen) atoms. The van der Waals surface area contributed by atoms with Crippen molar-refractivity contribution in [3.63, 3.8) is 0 Å². The molecule has 1 amide bonds. The van der Waals surface area contributed by atoms with E-state index < -0.39 is 0 Å². The predicted molar refractivity (Wildman–Crippen MR) is 75.0 cm³/mol. The van der Waals surface area contributed by atoms with E-state index in [4.69, 9.17) is 5.73 Å². The molecule has 1 aliphatic rings. The smallest absolute Gasteiger partial charge is 0.274 e. The number of nitrogens with zero attached hydrogens (tertiary/aromatic N) is 2. The third-order valence-electron chi connectivity index (χ3n) is 3.82. The summed E-state index contributed by atoms with van der Waals surface area (Å²) in [6.07, 6.45) is 2.73. The summed E-state index contributed by atoms with van der Waals surface area (Å²) in [6.45, 7) is 7.30. The number of anilines is 1. The summed E-state index contributed by atoms with van der Waals surface area (Å²) in [6, 6.07) is 0.233. The highest BCUT2D eigenvalue weighted by atomic mass is 16.2. The van der Waals surface area contributed by atoms with E-state index >= 15 is 0 Å². The monoisotopic (exact) mass is 265 g/mol. The molecule has 0 spiro atoms. The third-order valence-corrected chi connectivity index (χ3v) is 3.82. The number of rotatable bonds is 4. The van der Waals surface area contributed by atoms with Crippen LogP contribution in [0, 0.1) is 0 Å². The summed E-state index contributed by atoms with van der Waals surface area (Å²) in [7, 11) is 0. The lowest BCUT2D eigenvalue weighted by Crippen LogP contribution is -2.44. The molecule has 1 fully saturated rings. The fourth-order valence-corrected chi connectivity index (χ4v) is 2.48. The zero-order valence-corrected chi connectivity index (χ0v) is 11.7. The van der Waals surface area contributed by atoms with Crippen molar-refractivity contribution >= 4 is 11.6 Å². The van der Waals surface area contributed by atoms with Crippen LogP contribution >= 0.6 is 0 Å². The van der Waals surface area contributed by atoms with Crippen LogP contribution in [0.4, 0.5) is 5.69 Å². The molecule has 0 aliphatic carbocycles. The zero-order valence-electron chi connectivity index (χ0n) is 11.7. The maximum absolute atomic E-state index is 12.1. The van der Waals surface area contributed by atoms with Gasteiger partial charge < -0.3 is 16.0 Å². The molecule has 0 unspecified atom stereocenters. The maximum Gasteiger partial charge on any atom is 0.274 e. The first-order chi connectivity index (χ1) is 9.15. The van der Waals surface area contributed by atoms with Crippen molar-refractivity contribution in [2.24, 2.45) is 0 Å². The normalized spacial score (nSPS) is 17.6. The molecule has 2 heterocycles. The average molecular weight is 265 g/mol. The van der Waals surface area contributed by atoms with Gasteiger partial charge in [0.2, 0.25) is 0 Å². The van der Waals surface area contributed by atoms with Gasteiger partial charge in [0, 0.05) is 19.1 Å². The molecule has 0 aromatic carbocycles.